The first-order chi connectivity index (χ1) is 13.2. The van der Waals surface area contributed by atoms with Crippen molar-refractivity contribution in [3.63, 3.8) is 0 Å². The molecule has 27 heavy (non-hydrogen) atoms. The maximum atomic E-state index is 12.6. The molecule has 1 saturated heterocycles. The number of amides is 1. The third kappa shape index (κ3) is 2.65. The number of likely N-dealkylation sites (tertiary alicyclic amines) is 1. The van der Waals surface area contributed by atoms with Gasteiger partial charge in [-0.3, -0.25) is 4.79 Å². The van der Waals surface area contributed by atoms with Crippen LogP contribution >= 0.6 is 0 Å². The third-order valence-electron chi connectivity index (χ3n) is 6.20. The lowest BCUT2D eigenvalue weighted by molar-refractivity contribution is -0.135. The highest BCUT2D eigenvalue weighted by Crippen LogP contribution is 2.48. The maximum Gasteiger partial charge on any atom is 0.248 e. The molecule has 2 aromatic rings. The highest BCUT2D eigenvalue weighted by molar-refractivity contribution is 5.78. The van der Waals surface area contributed by atoms with Gasteiger partial charge in [-0.1, -0.05) is 0 Å². The number of fused-ring (bicyclic) bond motifs is 4. The minimum absolute atomic E-state index is 0.0928. The molecule has 1 aliphatic carbocycles. The minimum atomic E-state index is -0.177. The van der Waals surface area contributed by atoms with E-state index in [0.717, 1.165) is 31.2 Å². The Hall–Kier alpha value is -2.34. The topological polar surface area (TPSA) is 50.6 Å². The predicted molar refractivity (Wildman–Crippen MR) is 103 cm³/mol. The van der Waals surface area contributed by atoms with Crippen LogP contribution in [-0.2, 0) is 15.1 Å². The van der Waals surface area contributed by atoms with Gasteiger partial charge in [0.05, 0.1) is 11.4 Å². The summed E-state index contributed by atoms with van der Waals surface area (Å²) in [6, 6.07) is 8.50. The van der Waals surface area contributed by atoms with E-state index in [0.29, 0.717) is 13.2 Å². The average molecular weight is 366 g/mol. The monoisotopic (exact) mass is 366 g/mol. The molecule has 0 aromatic carbocycles. The van der Waals surface area contributed by atoms with Crippen LogP contribution in [0.4, 0.5) is 5.69 Å². The number of carbonyl (C=O) groups excluding carboxylic acids is 1. The molecule has 1 spiro atoms. The maximum absolute atomic E-state index is 12.6. The summed E-state index contributed by atoms with van der Waals surface area (Å²) in [6.45, 7) is 5.19. The lowest BCUT2D eigenvalue weighted by Crippen LogP contribution is -2.53. The Balaban J connectivity index is 1.55. The summed E-state index contributed by atoms with van der Waals surface area (Å²) in [7, 11) is 0. The molecule has 6 heteroatoms. The summed E-state index contributed by atoms with van der Waals surface area (Å²) in [5.41, 5.74) is 2.26. The van der Waals surface area contributed by atoms with Crippen LogP contribution in [0, 0.1) is 5.92 Å². The third-order valence-corrected chi connectivity index (χ3v) is 6.20. The molecule has 0 bridgehead atoms. The Morgan fingerprint density at radius 3 is 3.04 bits per heavy atom. The Labute approximate surface area is 159 Å². The van der Waals surface area contributed by atoms with Crippen molar-refractivity contribution in [1.82, 2.24) is 14.5 Å². The molecule has 2 aliphatic heterocycles. The van der Waals surface area contributed by atoms with Crippen LogP contribution in [0.3, 0.4) is 0 Å². The number of nitrogens with zero attached hydrogens (tertiary/aromatic N) is 4. The van der Waals surface area contributed by atoms with Crippen molar-refractivity contribution >= 4 is 11.6 Å². The van der Waals surface area contributed by atoms with Crippen molar-refractivity contribution in [2.24, 2.45) is 5.92 Å². The Morgan fingerprint density at radius 1 is 1.33 bits per heavy atom. The summed E-state index contributed by atoms with van der Waals surface area (Å²) in [5.74, 6) is 1.85. The van der Waals surface area contributed by atoms with Crippen LogP contribution < -0.4 is 4.90 Å². The Kier molecular flexibility index (Phi) is 3.97. The van der Waals surface area contributed by atoms with Crippen LogP contribution in [0.15, 0.2) is 36.7 Å². The number of hydrogen-bond donors (Lipinski definition) is 0. The van der Waals surface area contributed by atoms with E-state index in [1.165, 1.54) is 24.2 Å². The predicted octanol–water partition coefficient (Wildman–Crippen LogP) is 2.57. The second-order valence-electron chi connectivity index (χ2n) is 7.90. The van der Waals surface area contributed by atoms with Gasteiger partial charge >= 0.3 is 0 Å². The van der Waals surface area contributed by atoms with E-state index in [9.17, 15) is 4.79 Å². The van der Waals surface area contributed by atoms with Crippen molar-refractivity contribution in [2.75, 3.05) is 37.7 Å². The highest BCUT2D eigenvalue weighted by atomic mass is 16.5. The van der Waals surface area contributed by atoms with E-state index in [1.54, 1.807) is 0 Å². The fraction of sp³-hybridized carbons (Fsp3) is 0.524. The Morgan fingerprint density at radius 2 is 2.22 bits per heavy atom. The molecule has 2 fully saturated rings. The van der Waals surface area contributed by atoms with Crippen molar-refractivity contribution in [3.8, 4) is 5.82 Å². The van der Waals surface area contributed by atoms with Gasteiger partial charge in [0.1, 0.15) is 12.1 Å². The van der Waals surface area contributed by atoms with Gasteiger partial charge in [-0.25, -0.2) is 4.98 Å². The summed E-state index contributed by atoms with van der Waals surface area (Å²) < 4.78 is 7.59. The second-order valence-corrected chi connectivity index (χ2v) is 7.90. The van der Waals surface area contributed by atoms with Crippen LogP contribution in [0.2, 0.25) is 0 Å². The number of hydrogen-bond acceptors (Lipinski definition) is 4. The SMILES string of the molecule is CCOCC(=O)N1CC[C@@]2(C1)c1cccn1-c1ncccc1N2CC1CC1. The number of anilines is 1. The van der Waals surface area contributed by atoms with E-state index in [1.807, 2.05) is 24.1 Å². The smallest absolute Gasteiger partial charge is 0.248 e. The summed E-state index contributed by atoms with van der Waals surface area (Å²) in [5, 5.41) is 0. The largest absolute Gasteiger partial charge is 0.372 e. The number of carbonyl (C=O) groups is 1. The average Bonchev–Trinajstić information content (AvgIpc) is 3.19. The first kappa shape index (κ1) is 16.8. The second kappa shape index (κ2) is 6.37. The fourth-order valence-electron chi connectivity index (χ4n) is 4.65. The molecule has 0 radical (unpaired) electrons. The molecule has 6 nitrogen and oxygen atoms in total. The molecule has 2 aromatic heterocycles. The fourth-order valence-corrected chi connectivity index (χ4v) is 4.65. The highest BCUT2D eigenvalue weighted by Gasteiger charge is 2.51. The van der Waals surface area contributed by atoms with Gasteiger partial charge in [-0.05, 0) is 56.4 Å². The van der Waals surface area contributed by atoms with Gasteiger partial charge in [0.2, 0.25) is 5.91 Å². The summed E-state index contributed by atoms with van der Waals surface area (Å²) >= 11 is 0. The molecule has 1 amide bonds. The molecule has 4 heterocycles. The normalized spacial score (nSPS) is 23.6. The summed E-state index contributed by atoms with van der Waals surface area (Å²) in [4.78, 5) is 21.8. The van der Waals surface area contributed by atoms with E-state index >= 15 is 0 Å². The first-order valence-corrected chi connectivity index (χ1v) is 9.99. The van der Waals surface area contributed by atoms with Gasteiger partial charge in [0.15, 0.2) is 5.82 Å². The lowest BCUT2D eigenvalue weighted by Gasteiger charge is -2.47. The Bertz CT molecular complexity index is 859. The lowest BCUT2D eigenvalue weighted by atomic mass is 9.88. The number of ether oxygens (including phenoxy) is 1. The van der Waals surface area contributed by atoms with Gasteiger partial charge in [-0.15, -0.1) is 0 Å². The van der Waals surface area contributed by atoms with Crippen molar-refractivity contribution in [1.29, 1.82) is 0 Å². The van der Waals surface area contributed by atoms with E-state index in [2.05, 4.69) is 38.8 Å². The van der Waals surface area contributed by atoms with E-state index in [4.69, 9.17) is 4.74 Å². The van der Waals surface area contributed by atoms with Crippen molar-refractivity contribution in [2.45, 2.75) is 31.7 Å². The molecular weight excluding hydrogens is 340 g/mol. The van der Waals surface area contributed by atoms with E-state index in [-0.39, 0.29) is 18.1 Å². The quantitative estimate of drug-likeness (QED) is 0.816. The summed E-state index contributed by atoms with van der Waals surface area (Å²) in [6.07, 6.45) is 7.51. The molecule has 1 atom stereocenters. The number of pyridine rings is 1. The molecule has 3 aliphatic rings. The number of aromatic nitrogens is 2. The van der Waals surface area contributed by atoms with Gasteiger partial charge in [-0.2, -0.15) is 0 Å². The first-order valence-electron chi connectivity index (χ1n) is 9.99. The molecule has 142 valence electrons. The zero-order valence-electron chi connectivity index (χ0n) is 15.8. The standard InChI is InChI=1S/C21H26N4O2/c1-2-27-14-19(26)23-12-9-21(15-23)18-6-4-11-24(18)20-17(5-3-10-22-20)25(21)13-16-7-8-16/h3-6,10-11,16H,2,7-9,12-15H2,1H3/t21-/m1/s1. The zero-order chi connectivity index (χ0) is 18.4. The van der Waals surface area contributed by atoms with Crippen LogP contribution in [-0.4, -0.2) is 53.2 Å². The number of rotatable bonds is 5. The van der Waals surface area contributed by atoms with Crippen molar-refractivity contribution < 1.29 is 9.53 Å². The molecular formula is C21H26N4O2. The molecule has 0 N–H and O–H groups in total. The molecule has 0 unspecified atom stereocenters. The molecule has 1 saturated carbocycles. The van der Waals surface area contributed by atoms with Gasteiger partial charge < -0.3 is 19.1 Å². The van der Waals surface area contributed by atoms with Crippen LogP contribution in [0.5, 0.6) is 0 Å². The molecule has 5 rings (SSSR count). The van der Waals surface area contributed by atoms with Gasteiger partial charge in [0, 0.05) is 38.6 Å². The van der Waals surface area contributed by atoms with Crippen molar-refractivity contribution in [3.05, 3.63) is 42.4 Å². The van der Waals surface area contributed by atoms with E-state index < -0.39 is 0 Å². The minimum Gasteiger partial charge on any atom is -0.372 e. The van der Waals surface area contributed by atoms with Crippen LogP contribution in [0.1, 0.15) is 31.9 Å². The van der Waals surface area contributed by atoms with Crippen LogP contribution in [0.25, 0.3) is 5.82 Å². The zero-order valence-corrected chi connectivity index (χ0v) is 15.8. The van der Waals surface area contributed by atoms with Gasteiger partial charge in [0.25, 0.3) is 0 Å².